The molecule has 0 heterocycles. The van der Waals surface area contributed by atoms with Gasteiger partial charge in [-0.1, -0.05) is 19.3 Å². The van der Waals surface area contributed by atoms with E-state index in [9.17, 15) is 4.79 Å². The molecule has 1 aliphatic rings. The van der Waals surface area contributed by atoms with E-state index in [1.807, 2.05) is 0 Å². The van der Waals surface area contributed by atoms with E-state index in [4.69, 9.17) is 0 Å². The molecule has 0 aliphatic heterocycles. The zero-order valence-corrected chi connectivity index (χ0v) is 8.56. The summed E-state index contributed by atoms with van der Waals surface area (Å²) in [5.74, 6) is -0.174. The van der Waals surface area contributed by atoms with Crippen LogP contribution in [0.2, 0.25) is 0 Å². The largest absolute Gasteiger partial charge is 0.468 e. The number of esters is 1. The highest BCUT2D eigenvalue weighted by Crippen LogP contribution is 2.27. The maximum absolute atomic E-state index is 10.9. The predicted octanol–water partition coefficient (Wildman–Crippen LogP) is 1.47. The zero-order chi connectivity index (χ0) is 9.73. The molecule has 3 nitrogen and oxygen atoms in total. The average Bonchev–Trinajstić information content (AvgIpc) is 2.15. The molecule has 1 fully saturated rings. The van der Waals surface area contributed by atoms with Gasteiger partial charge >= 0.3 is 5.97 Å². The van der Waals surface area contributed by atoms with E-state index in [1.165, 1.54) is 39.2 Å². The molecule has 3 heteroatoms. The second kappa shape index (κ2) is 4.61. The number of rotatable bonds is 3. The first-order valence-electron chi connectivity index (χ1n) is 4.98. The molecule has 0 spiro atoms. The van der Waals surface area contributed by atoms with Crippen LogP contribution in [0, 0.1) is 0 Å². The number of hydrogen-bond donors (Lipinski definition) is 1. The maximum atomic E-state index is 10.9. The van der Waals surface area contributed by atoms with Crippen LogP contribution in [0.5, 0.6) is 0 Å². The molecule has 13 heavy (non-hydrogen) atoms. The van der Waals surface area contributed by atoms with Gasteiger partial charge in [0.15, 0.2) is 0 Å². The fourth-order valence-corrected chi connectivity index (χ4v) is 1.87. The van der Waals surface area contributed by atoms with Crippen LogP contribution in [0.4, 0.5) is 0 Å². The molecule has 0 atom stereocenters. The van der Waals surface area contributed by atoms with Crippen LogP contribution in [0.1, 0.15) is 39.0 Å². The number of methoxy groups -OCH3 is 1. The second-order valence-electron chi connectivity index (χ2n) is 4.05. The molecule has 0 bridgehead atoms. The van der Waals surface area contributed by atoms with Gasteiger partial charge in [0.05, 0.1) is 13.7 Å². The molecule has 0 saturated heterocycles. The lowest BCUT2D eigenvalue weighted by molar-refractivity contribution is -0.140. The third-order valence-electron chi connectivity index (χ3n) is 2.84. The van der Waals surface area contributed by atoms with E-state index < -0.39 is 0 Å². The Morgan fingerprint density at radius 3 is 2.54 bits per heavy atom. The van der Waals surface area contributed by atoms with Crippen LogP contribution in [-0.4, -0.2) is 25.2 Å². The van der Waals surface area contributed by atoms with Crippen LogP contribution >= 0.6 is 0 Å². The Labute approximate surface area is 79.8 Å². The van der Waals surface area contributed by atoms with Crippen molar-refractivity contribution in [1.29, 1.82) is 0 Å². The monoisotopic (exact) mass is 185 g/mol. The van der Waals surface area contributed by atoms with Gasteiger partial charge in [-0.25, -0.2) is 0 Å². The molecule has 0 aromatic carbocycles. The Hall–Kier alpha value is -0.570. The van der Waals surface area contributed by atoms with Gasteiger partial charge < -0.3 is 10.1 Å². The second-order valence-corrected chi connectivity index (χ2v) is 4.05. The first kappa shape index (κ1) is 10.5. The lowest BCUT2D eigenvalue weighted by atomic mass is 9.83. The van der Waals surface area contributed by atoms with Crippen LogP contribution in [0.3, 0.4) is 0 Å². The van der Waals surface area contributed by atoms with Crippen molar-refractivity contribution in [3.05, 3.63) is 0 Å². The third kappa shape index (κ3) is 3.35. The van der Waals surface area contributed by atoms with Crippen molar-refractivity contribution in [2.45, 2.75) is 44.6 Å². The highest BCUT2D eigenvalue weighted by atomic mass is 16.5. The standard InChI is InChI=1S/C10H19NO2/c1-10(6-4-3-5-7-10)11-8-9(12)13-2/h11H,3-8H2,1-2H3. The van der Waals surface area contributed by atoms with Crippen LogP contribution in [-0.2, 0) is 9.53 Å². The van der Waals surface area contributed by atoms with Crippen molar-refractivity contribution in [3.8, 4) is 0 Å². The summed E-state index contributed by atoms with van der Waals surface area (Å²) < 4.78 is 4.58. The Kier molecular flexibility index (Phi) is 3.72. The van der Waals surface area contributed by atoms with E-state index in [0.29, 0.717) is 6.54 Å². The molecular formula is C10H19NO2. The van der Waals surface area contributed by atoms with Gasteiger partial charge in [0.1, 0.15) is 0 Å². The van der Waals surface area contributed by atoms with Gasteiger partial charge in [-0.05, 0) is 19.8 Å². The minimum absolute atomic E-state index is 0.159. The Morgan fingerprint density at radius 1 is 1.38 bits per heavy atom. The molecule has 76 valence electrons. The Morgan fingerprint density at radius 2 is 2.00 bits per heavy atom. The van der Waals surface area contributed by atoms with Crippen molar-refractivity contribution in [2.75, 3.05) is 13.7 Å². The number of ether oxygens (including phenoxy) is 1. The highest BCUT2D eigenvalue weighted by molar-refractivity contribution is 5.71. The number of hydrogen-bond acceptors (Lipinski definition) is 3. The van der Waals surface area contributed by atoms with E-state index in [-0.39, 0.29) is 11.5 Å². The topological polar surface area (TPSA) is 38.3 Å². The lowest BCUT2D eigenvalue weighted by Gasteiger charge is -2.34. The zero-order valence-electron chi connectivity index (χ0n) is 8.56. The fraction of sp³-hybridized carbons (Fsp3) is 0.900. The molecule has 0 amide bonds. The summed E-state index contributed by atoms with van der Waals surface area (Å²) in [5, 5.41) is 3.27. The van der Waals surface area contributed by atoms with Crippen molar-refractivity contribution in [2.24, 2.45) is 0 Å². The number of nitrogens with one attached hydrogen (secondary N) is 1. The molecule has 1 rings (SSSR count). The molecular weight excluding hydrogens is 166 g/mol. The normalized spacial score (nSPS) is 21.1. The maximum Gasteiger partial charge on any atom is 0.319 e. The average molecular weight is 185 g/mol. The van der Waals surface area contributed by atoms with Gasteiger partial charge in [-0.3, -0.25) is 4.79 Å². The van der Waals surface area contributed by atoms with E-state index in [2.05, 4.69) is 17.0 Å². The van der Waals surface area contributed by atoms with Crippen molar-refractivity contribution in [3.63, 3.8) is 0 Å². The van der Waals surface area contributed by atoms with E-state index in [1.54, 1.807) is 0 Å². The summed E-state index contributed by atoms with van der Waals surface area (Å²) in [7, 11) is 1.42. The van der Waals surface area contributed by atoms with Gasteiger partial charge in [-0.2, -0.15) is 0 Å². The minimum Gasteiger partial charge on any atom is -0.468 e. The predicted molar refractivity (Wildman–Crippen MR) is 51.5 cm³/mol. The number of carbonyl (C=O) groups is 1. The van der Waals surface area contributed by atoms with Crippen molar-refractivity contribution < 1.29 is 9.53 Å². The summed E-state index contributed by atoms with van der Waals surface area (Å²) in [6.07, 6.45) is 6.21. The first-order chi connectivity index (χ1) is 6.16. The summed E-state index contributed by atoms with van der Waals surface area (Å²) >= 11 is 0. The van der Waals surface area contributed by atoms with Crippen LogP contribution in [0.25, 0.3) is 0 Å². The third-order valence-corrected chi connectivity index (χ3v) is 2.84. The smallest absolute Gasteiger partial charge is 0.319 e. The Bertz CT molecular complexity index is 174. The van der Waals surface area contributed by atoms with Crippen LogP contribution in [0.15, 0.2) is 0 Å². The summed E-state index contributed by atoms with van der Waals surface area (Å²) in [4.78, 5) is 10.9. The highest BCUT2D eigenvalue weighted by Gasteiger charge is 2.26. The summed E-state index contributed by atoms with van der Waals surface area (Å²) in [5.41, 5.74) is 0.159. The molecule has 0 unspecified atom stereocenters. The number of carbonyl (C=O) groups excluding carboxylic acids is 1. The lowest BCUT2D eigenvalue weighted by Crippen LogP contribution is -2.46. The molecule has 1 saturated carbocycles. The Balaban J connectivity index is 2.28. The summed E-state index contributed by atoms with van der Waals surface area (Å²) in [6, 6.07) is 0. The van der Waals surface area contributed by atoms with E-state index in [0.717, 1.165) is 0 Å². The molecule has 0 radical (unpaired) electrons. The van der Waals surface area contributed by atoms with Crippen molar-refractivity contribution >= 4 is 5.97 Å². The quantitative estimate of drug-likeness (QED) is 0.677. The van der Waals surface area contributed by atoms with E-state index >= 15 is 0 Å². The van der Waals surface area contributed by atoms with Gasteiger partial charge in [0.2, 0.25) is 0 Å². The molecule has 0 aromatic heterocycles. The molecule has 0 aromatic rings. The van der Waals surface area contributed by atoms with Gasteiger partial charge in [0, 0.05) is 5.54 Å². The van der Waals surface area contributed by atoms with Crippen LogP contribution < -0.4 is 5.32 Å². The summed E-state index contributed by atoms with van der Waals surface area (Å²) in [6.45, 7) is 2.53. The van der Waals surface area contributed by atoms with Gasteiger partial charge in [-0.15, -0.1) is 0 Å². The SMILES string of the molecule is COC(=O)CNC1(C)CCCCC1. The minimum atomic E-state index is -0.174. The molecule has 1 aliphatic carbocycles. The fourth-order valence-electron chi connectivity index (χ4n) is 1.87. The van der Waals surface area contributed by atoms with Gasteiger partial charge in [0.25, 0.3) is 0 Å². The van der Waals surface area contributed by atoms with Crippen molar-refractivity contribution in [1.82, 2.24) is 5.32 Å². The molecule has 1 N–H and O–H groups in total. The first-order valence-corrected chi connectivity index (χ1v) is 4.98.